The van der Waals surface area contributed by atoms with Crippen LogP contribution in [0.25, 0.3) is 0 Å². The summed E-state index contributed by atoms with van der Waals surface area (Å²) >= 11 is 0. The van der Waals surface area contributed by atoms with Gasteiger partial charge in [0, 0.05) is 0 Å². The number of aliphatic hydroxyl groups is 2. The number of hydrogen-bond acceptors (Lipinski definition) is 2. The van der Waals surface area contributed by atoms with Crippen molar-refractivity contribution in [3.8, 4) is 0 Å². The second-order valence-corrected chi connectivity index (χ2v) is 14.8. The molecule has 0 saturated heterocycles. The third-order valence-electron chi connectivity index (χ3n) is 13.6. The zero-order valence-corrected chi connectivity index (χ0v) is 22.0. The highest BCUT2D eigenvalue weighted by atomic mass is 16.3. The lowest BCUT2D eigenvalue weighted by Gasteiger charge is -2.73. The Bertz CT molecular complexity index is 801. The van der Waals surface area contributed by atoms with Crippen LogP contribution in [0.1, 0.15) is 106 Å². The first-order chi connectivity index (χ1) is 14.7. The molecule has 5 saturated carbocycles. The van der Waals surface area contributed by atoms with Crippen LogP contribution in [-0.2, 0) is 0 Å². The van der Waals surface area contributed by atoms with E-state index in [1.807, 2.05) is 0 Å². The number of fused-ring (bicyclic) bond motifs is 7. The molecule has 0 amide bonds. The fourth-order valence-electron chi connectivity index (χ4n) is 11.5. The molecular weight excluding hydrogens is 392 g/mol. The molecule has 0 spiro atoms. The van der Waals surface area contributed by atoms with Gasteiger partial charge in [0.05, 0.1) is 12.2 Å². The highest BCUT2D eigenvalue weighted by Gasteiger charge is 2.71. The van der Waals surface area contributed by atoms with Gasteiger partial charge in [-0.3, -0.25) is 0 Å². The van der Waals surface area contributed by atoms with Crippen molar-refractivity contribution in [1.29, 1.82) is 0 Å². The van der Waals surface area contributed by atoms with Crippen molar-refractivity contribution in [2.45, 2.75) is 118 Å². The van der Waals surface area contributed by atoms with E-state index in [0.29, 0.717) is 35.0 Å². The Kier molecular flexibility index (Phi) is 5.02. The van der Waals surface area contributed by atoms with Gasteiger partial charge in [-0.05, 0) is 121 Å². The predicted octanol–water partition coefficient (Wildman–Crippen LogP) is 7.00. The van der Waals surface area contributed by atoms with E-state index in [-0.39, 0.29) is 33.9 Å². The summed E-state index contributed by atoms with van der Waals surface area (Å²) in [6.45, 7) is 21.5. The Morgan fingerprint density at radius 3 is 2.03 bits per heavy atom. The standard InChI is InChI=1S/C30H50O2/c1-18(2)19-11-14-28(6)24(32)17-30(8)20(25(19)28)9-10-22-27(5)15-13-23(31)26(3,4)21(27)12-16-29(22,30)7/h19-25,31-32H,1,9-17H2,2-8H3/t19-,20+,21-,22+,23+,24-,25+,27-,28+,29+,30+/m0/s1. The Labute approximate surface area is 197 Å². The number of aliphatic hydroxyl groups excluding tert-OH is 2. The first-order valence-electron chi connectivity index (χ1n) is 13.7. The molecule has 0 unspecified atom stereocenters. The monoisotopic (exact) mass is 442 g/mol. The first kappa shape index (κ1) is 23.4. The molecule has 32 heavy (non-hydrogen) atoms. The van der Waals surface area contributed by atoms with Gasteiger partial charge in [0.25, 0.3) is 0 Å². The minimum Gasteiger partial charge on any atom is -0.393 e. The molecule has 5 fully saturated rings. The Hall–Kier alpha value is -0.340. The van der Waals surface area contributed by atoms with Crippen molar-refractivity contribution in [3.63, 3.8) is 0 Å². The van der Waals surface area contributed by atoms with E-state index in [4.69, 9.17) is 0 Å². The highest BCUT2D eigenvalue weighted by molar-refractivity contribution is 5.22. The molecule has 0 heterocycles. The zero-order chi connectivity index (χ0) is 23.5. The smallest absolute Gasteiger partial charge is 0.0602 e. The lowest BCUT2D eigenvalue weighted by molar-refractivity contribution is -0.261. The molecule has 0 aromatic carbocycles. The second-order valence-electron chi connectivity index (χ2n) is 14.8. The third-order valence-corrected chi connectivity index (χ3v) is 13.6. The Morgan fingerprint density at radius 2 is 1.38 bits per heavy atom. The van der Waals surface area contributed by atoms with Crippen LogP contribution < -0.4 is 0 Å². The van der Waals surface area contributed by atoms with Crippen molar-refractivity contribution in [2.75, 3.05) is 0 Å². The van der Waals surface area contributed by atoms with Crippen LogP contribution in [0.4, 0.5) is 0 Å². The third kappa shape index (κ3) is 2.61. The Balaban J connectivity index is 1.57. The minimum absolute atomic E-state index is 0.00718. The summed E-state index contributed by atoms with van der Waals surface area (Å²) < 4.78 is 0. The van der Waals surface area contributed by atoms with Crippen molar-refractivity contribution < 1.29 is 10.2 Å². The normalized spacial score (nSPS) is 58.8. The number of allylic oxidation sites excluding steroid dienone is 1. The van der Waals surface area contributed by atoms with Crippen molar-refractivity contribution >= 4 is 0 Å². The molecule has 182 valence electrons. The summed E-state index contributed by atoms with van der Waals surface area (Å²) in [6.07, 6.45) is 10.3. The van der Waals surface area contributed by atoms with Crippen LogP contribution in [-0.4, -0.2) is 22.4 Å². The second kappa shape index (κ2) is 6.87. The average Bonchev–Trinajstić information content (AvgIpc) is 3.05. The summed E-state index contributed by atoms with van der Waals surface area (Å²) in [4.78, 5) is 0. The topological polar surface area (TPSA) is 40.5 Å². The molecule has 5 rings (SSSR count). The maximum absolute atomic E-state index is 11.7. The van der Waals surface area contributed by atoms with E-state index in [1.54, 1.807) is 0 Å². The minimum atomic E-state index is -0.191. The predicted molar refractivity (Wildman–Crippen MR) is 132 cm³/mol. The molecule has 2 N–H and O–H groups in total. The van der Waals surface area contributed by atoms with E-state index < -0.39 is 0 Å². The van der Waals surface area contributed by atoms with Gasteiger partial charge in [-0.1, -0.05) is 53.7 Å². The van der Waals surface area contributed by atoms with Crippen LogP contribution in [0.2, 0.25) is 0 Å². The number of rotatable bonds is 1. The van der Waals surface area contributed by atoms with Crippen LogP contribution in [0.5, 0.6) is 0 Å². The lowest BCUT2D eigenvalue weighted by atomic mass is 9.32. The molecule has 0 radical (unpaired) electrons. The van der Waals surface area contributed by atoms with Crippen LogP contribution in [0.3, 0.4) is 0 Å². The highest BCUT2D eigenvalue weighted by Crippen LogP contribution is 2.77. The molecular formula is C30H50O2. The molecule has 5 aliphatic carbocycles. The van der Waals surface area contributed by atoms with E-state index in [1.165, 1.54) is 44.1 Å². The fourth-order valence-corrected chi connectivity index (χ4v) is 11.5. The van der Waals surface area contributed by atoms with E-state index in [9.17, 15) is 10.2 Å². The van der Waals surface area contributed by atoms with Gasteiger partial charge in [0.2, 0.25) is 0 Å². The summed E-state index contributed by atoms with van der Waals surface area (Å²) in [5.41, 5.74) is 2.18. The quantitative estimate of drug-likeness (QED) is 0.429. The lowest BCUT2D eigenvalue weighted by Crippen LogP contribution is -2.68. The molecule has 2 nitrogen and oxygen atoms in total. The maximum atomic E-state index is 11.7. The molecule has 2 heteroatoms. The van der Waals surface area contributed by atoms with E-state index in [2.05, 4.69) is 55.0 Å². The largest absolute Gasteiger partial charge is 0.393 e. The van der Waals surface area contributed by atoms with Gasteiger partial charge < -0.3 is 10.2 Å². The fraction of sp³-hybridized carbons (Fsp3) is 0.933. The summed E-state index contributed by atoms with van der Waals surface area (Å²) in [5, 5.41) is 22.6. The summed E-state index contributed by atoms with van der Waals surface area (Å²) in [6, 6.07) is 0. The number of hydrogen-bond donors (Lipinski definition) is 2. The molecule has 0 aromatic rings. The maximum Gasteiger partial charge on any atom is 0.0602 e. The van der Waals surface area contributed by atoms with Gasteiger partial charge in [-0.15, -0.1) is 0 Å². The first-order valence-corrected chi connectivity index (χ1v) is 13.7. The Morgan fingerprint density at radius 1 is 0.719 bits per heavy atom. The molecule has 0 aliphatic heterocycles. The molecule has 5 aliphatic rings. The van der Waals surface area contributed by atoms with Crippen molar-refractivity contribution in [3.05, 3.63) is 12.2 Å². The van der Waals surface area contributed by atoms with Gasteiger partial charge >= 0.3 is 0 Å². The van der Waals surface area contributed by atoms with Crippen LogP contribution in [0, 0.1) is 56.7 Å². The van der Waals surface area contributed by atoms with Crippen molar-refractivity contribution in [1.82, 2.24) is 0 Å². The van der Waals surface area contributed by atoms with Crippen LogP contribution >= 0.6 is 0 Å². The zero-order valence-electron chi connectivity index (χ0n) is 22.0. The summed E-state index contributed by atoms with van der Waals surface area (Å²) in [7, 11) is 0. The van der Waals surface area contributed by atoms with Gasteiger partial charge in [0.15, 0.2) is 0 Å². The average molecular weight is 443 g/mol. The SMILES string of the molecule is C=C(C)[C@@H]1CC[C@@]2(C)[C@H]1[C@H]1CC[C@@H]3[C@@]4(C)CC[C@@H](O)C(C)(C)[C@@H]4CC[C@@]3(C)[C@]1(C)C[C@@H]2O. The van der Waals surface area contributed by atoms with Gasteiger partial charge in [0.1, 0.15) is 0 Å². The van der Waals surface area contributed by atoms with Gasteiger partial charge in [-0.25, -0.2) is 0 Å². The molecule has 11 atom stereocenters. The van der Waals surface area contributed by atoms with Crippen molar-refractivity contribution in [2.24, 2.45) is 56.7 Å². The molecule has 0 aromatic heterocycles. The molecule has 0 bridgehead atoms. The van der Waals surface area contributed by atoms with Gasteiger partial charge in [-0.2, -0.15) is 0 Å². The van der Waals surface area contributed by atoms with Crippen LogP contribution in [0.15, 0.2) is 12.2 Å². The van der Waals surface area contributed by atoms with E-state index in [0.717, 1.165) is 19.3 Å². The summed E-state index contributed by atoms with van der Waals surface area (Å²) in [5.74, 6) is 3.16. The van der Waals surface area contributed by atoms with E-state index >= 15 is 0 Å².